The molecule has 86 valence electrons. The topological polar surface area (TPSA) is 46.5 Å². The van der Waals surface area contributed by atoms with Crippen molar-refractivity contribution in [3.63, 3.8) is 0 Å². The van der Waals surface area contributed by atoms with Gasteiger partial charge in [0, 0.05) is 0 Å². The fourth-order valence-electron chi connectivity index (χ4n) is 2.86. The molecule has 0 amide bonds. The van der Waals surface area contributed by atoms with Crippen LogP contribution in [-0.2, 0) is 9.53 Å². The Morgan fingerprint density at radius 1 is 1.33 bits per heavy atom. The number of hydrogen-bond donors (Lipinski definition) is 1. The molecule has 0 aliphatic heterocycles. The van der Waals surface area contributed by atoms with Gasteiger partial charge in [-0.1, -0.05) is 19.3 Å². The third-order valence-corrected chi connectivity index (χ3v) is 4.04. The summed E-state index contributed by atoms with van der Waals surface area (Å²) < 4.78 is 4.79. The summed E-state index contributed by atoms with van der Waals surface area (Å²) in [6.45, 7) is 0. The van der Waals surface area contributed by atoms with Crippen LogP contribution in [0.4, 0.5) is 0 Å². The summed E-state index contributed by atoms with van der Waals surface area (Å²) in [7, 11) is 1.41. The van der Waals surface area contributed by atoms with Crippen LogP contribution in [0, 0.1) is 11.3 Å². The summed E-state index contributed by atoms with van der Waals surface area (Å²) in [5.74, 6) is 0.112. The number of ether oxygens (including phenoxy) is 1. The molecule has 3 heteroatoms. The first-order valence-electron chi connectivity index (χ1n) is 5.97. The highest BCUT2D eigenvalue weighted by Gasteiger charge is 2.58. The van der Waals surface area contributed by atoms with Crippen molar-refractivity contribution >= 4 is 5.97 Å². The summed E-state index contributed by atoms with van der Waals surface area (Å²) in [4.78, 5) is 11.6. The van der Waals surface area contributed by atoms with Crippen LogP contribution >= 0.6 is 0 Å². The van der Waals surface area contributed by atoms with E-state index in [1.807, 2.05) is 0 Å². The predicted octanol–water partition coefficient (Wildman–Crippen LogP) is 1.88. The van der Waals surface area contributed by atoms with Crippen LogP contribution < -0.4 is 0 Å². The number of carbonyl (C=O) groups is 1. The van der Waals surface area contributed by atoms with Crippen LogP contribution in [-0.4, -0.2) is 24.3 Å². The highest BCUT2D eigenvalue weighted by molar-refractivity contribution is 5.80. The standard InChI is InChI=1S/C12H20O3/c1-15-11(14)12(7-8-12)10(13)9-5-3-2-4-6-9/h9-10,13H,2-8H2,1H3/t10-/m1/s1. The van der Waals surface area contributed by atoms with Crippen LogP contribution in [0.1, 0.15) is 44.9 Å². The van der Waals surface area contributed by atoms with Gasteiger partial charge in [0.05, 0.1) is 18.6 Å². The lowest BCUT2D eigenvalue weighted by Gasteiger charge is -2.31. The van der Waals surface area contributed by atoms with Gasteiger partial charge in [-0.3, -0.25) is 4.79 Å². The number of aliphatic hydroxyl groups excluding tert-OH is 1. The van der Waals surface area contributed by atoms with Gasteiger partial charge < -0.3 is 9.84 Å². The summed E-state index contributed by atoms with van der Waals surface area (Å²) >= 11 is 0. The third-order valence-electron chi connectivity index (χ3n) is 4.04. The monoisotopic (exact) mass is 212 g/mol. The summed E-state index contributed by atoms with van der Waals surface area (Å²) in [5, 5.41) is 10.3. The molecular weight excluding hydrogens is 192 g/mol. The number of rotatable bonds is 3. The molecule has 0 unspecified atom stereocenters. The number of aliphatic hydroxyl groups is 1. The van der Waals surface area contributed by atoms with E-state index < -0.39 is 11.5 Å². The molecule has 0 bridgehead atoms. The van der Waals surface area contributed by atoms with Gasteiger partial charge in [0.2, 0.25) is 0 Å². The van der Waals surface area contributed by atoms with Crippen LogP contribution in [0.5, 0.6) is 0 Å². The highest BCUT2D eigenvalue weighted by atomic mass is 16.5. The van der Waals surface area contributed by atoms with E-state index in [1.165, 1.54) is 26.4 Å². The molecule has 2 fully saturated rings. The van der Waals surface area contributed by atoms with Gasteiger partial charge in [0.25, 0.3) is 0 Å². The van der Waals surface area contributed by atoms with E-state index in [2.05, 4.69) is 0 Å². The maximum absolute atomic E-state index is 11.6. The maximum atomic E-state index is 11.6. The molecule has 15 heavy (non-hydrogen) atoms. The average Bonchev–Trinajstić information content (AvgIpc) is 3.09. The van der Waals surface area contributed by atoms with Crippen molar-refractivity contribution in [2.45, 2.75) is 51.0 Å². The van der Waals surface area contributed by atoms with Gasteiger partial charge in [-0.15, -0.1) is 0 Å². The lowest BCUT2D eigenvalue weighted by molar-refractivity contribution is -0.154. The smallest absolute Gasteiger partial charge is 0.314 e. The minimum absolute atomic E-state index is 0.208. The summed E-state index contributed by atoms with van der Waals surface area (Å²) in [6, 6.07) is 0. The van der Waals surface area contributed by atoms with Gasteiger partial charge in [-0.25, -0.2) is 0 Å². The van der Waals surface area contributed by atoms with E-state index in [0.29, 0.717) is 5.92 Å². The second-order valence-corrected chi connectivity index (χ2v) is 4.99. The molecule has 1 N–H and O–H groups in total. The predicted molar refractivity (Wildman–Crippen MR) is 56.3 cm³/mol. The molecule has 0 aromatic rings. The molecule has 2 aliphatic rings. The Morgan fingerprint density at radius 3 is 2.40 bits per heavy atom. The van der Waals surface area contributed by atoms with E-state index in [9.17, 15) is 9.90 Å². The van der Waals surface area contributed by atoms with Crippen LogP contribution in [0.3, 0.4) is 0 Å². The lowest BCUT2D eigenvalue weighted by Crippen LogP contribution is -2.37. The number of carbonyl (C=O) groups excluding carboxylic acids is 1. The molecule has 0 aromatic carbocycles. The van der Waals surface area contributed by atoms with Crippen molar-refractivity contribution in [1.82, 2.24) is 0 Å². The second kappa shape index (κ2) is 4.12. The van der Waals surface area contributed by atoms with Crippen molar-refractivity contribution in [3.05, 3.63) is 0 Å². The molecule has 2 aliphatic carbocycles. The fraction of sp³-hybridized carbons (Fsp3) is 0.917. The van der Waals surface area contributed by atoms with Crippen LogP contribution in [0.25, 0.3) is 0 Å². The molecular formula is C12H20O3. The molecule has 1 atom stereocenters. The van der Waals surface area contributed by atoms with Gasteiger partial charge in [-0.05, 0) is 31.6 Å². The molecule has 0 radical (unpaired) electrons. The first-order chi connectivity index (χ1) is 7.20. The van der Waals surface area contributed by atoms with E-state index in [0.717, 1.165) is 25.7 Å². The normalized spacial score (nSPS) is 27.1. The van der Waals surface area contributed by atoms with Crippen molar-refractivity contribution < 1.29 is 14.6 Å². The Bertz CT molecular complexity index is 239. The molecule has 0 saturated heterocycles. The summed E-state index contributed by atoms with van der Waals surface area (Å²) in [5.41, 5.74) is -0.531. The first kappa shape index (κ1) is 10.9. The zero-order valence-corrected chi connectivity index (χ0v) is 9.37. The van der Waals surface area contributed by atoms with Gasteiger partial charge >= 0.3 is 5.97 Å². The van der Waals surface area contributed by atoms with Crippen molar-refractivity contribution in [1.29, 1.82) is 0 Å². The summed E-state index contributed by atoms with van der Waals surface area (Å²) in [6.07, 6.45) is 6.94. The van der Waals surface area contributed by atoms with Crippen molar-refractivity contribution in [3.8, 4) is 0 Å². The van der Waals surface area contributed by atoms with E-state index in [-0.39, 0.29) is 5.97 Å². The van der Waals surface area contributed by atoms with Crippen LogP contribution in [0.2, 0.25) is 0 Å². The van der Waals surface area contributed by atoms with Crippen molar-refractivity contribution in [2.24, 2.45) is 11.3 Å². The molecule has 0 heterocycles. The number of esters is 1. The zero-order valence-electron chi connectivity index (χ0n) is 9.37. The van der Waals surface area contributed by atoms with E-state index >= 15 is 0 Å². The third kappa shape index (κ3) is 1.89. The Balaban J connectivity index is 2.00. The average molecular weight is 212 g/mol. The number of hydrogen-bond acceptors (Lipinski definition) is 3. The van der Waals surface area contributed by atoms with Gasteiger partial charge in [-0.2, -0.15) is 0 Å². The van der Waals surface area contributed by atoms with E-state index in [1.54, 1.807) is 0 Å². The Labute approximate surface area is 90.8 Å². The molecule has 3 nitrogen and oxygen atoms in total. The SMILES string of the molecule is COC(=O)C1([C@H](O)C2CCCCC2)CC1. The maximum Gasteiger partial charge on any atom is 0.314 e. The van der Waals surface area contributed by atoms with E-state index in [4.69, 9.17) is 4.74 Å². The Kier molecular flexibility index (Phi) is 3.01. The van der Waals surface area contributed by atoms with Gasteiger partial charge in [0.1, 0.15) is 0 Å². The minimum Gasteiger partial charge on any atom is -0.469 e. The highest BCUT2D eigenvalue weighted by Crippen LogP contribution is 2.53. The van der Waals surface area contributed by atoms with Crippen LogP contribution in [0.15, 0.2) is 0 Å². The van der Waals surface area contributed by atoms with Gasteiger partial charge in [0.15, 0.2) is 0 Å². The molecule has 0 spiro atoms. The fourth-order valence-corrected chi connectivity index (χ4v) is 2.86. The first-order valence-corrected chi connectivity index (χ1v) is 5.97. The Morgan fingerprint density at radius 2 is 1.93 bits per heavy atom. The zero-order chi connectivity index (χ0) is 10.9. The second-order valence-electron chi connectivity index (χ2n) is 4.99. The quantitative estimate of drug-likeness (QED) is 0.726. The lowest BCUT2D eigenvalue weighted by atomic mass is 9.79. The largest absolute Gasteiger partial charge is 0.469 e. The minimum atomic E-state index is -0.531. The van der Waals surface area contributed by atoms with Crippen molar-refractivity contribution in [2.75, 3.05) is 7.11 Å². The molecule has 2 saturated carbocycles. The Hall–Kier alpha value is -0.570. The number of methoxy groups -OCH3 is 1. The molecule has 2 rings (SSSR count). The molecule has 0 aromatic heterocycles.